The number of methoxy groups -OCH3 is 1. The lowest BCUT2D eigenvalue weighted by molar-refractivity contribution is 0.102. The number of carbonyl (C=O) groups excluding carboxylic acids is 1. The molecule has 0 aliphatic rings. The third kappa shape index (κ3) is 4.24. The second kappa shape index (κ2) is 7.84. The van der Waals surface area contributed by atoms with Crippen molar-refractivity contribution in [1.29, 1.82) is 0 Å². The summed E-state index contributed by atoms with van der Waals surface area (Å²) >= 11 is 3.36. The second-order valence-electron chi connectivity index (χ2n) is 4.68. The topological polar surface area (TPSA) is 47.6 Å². The molecule has 1 N–H and O–H groups in total. The van der Waals surface area contributed by atoms with E-state index >= 15 is 0 Å². The molecule has 0 spiro atoms. The molecule has 22 heavy (non-hydrogen) atoms. The van der Waals surface area contributed by atoms with Crippen LogP contribution in [0.3, 0.4) is 0 Å². The van der Waals surface area contributed by atoms with E-state index in [-0.39, 0.29) is 5.91 Å². The number of benzene rings is 2. The number of hydrogen-bond donors (Lipinski definition) is 1. The molecule has 0 atom stereocenters. The molecule has 0 aromatic heterocycles. The molecule has 5 heteroatoms. The highest BCUT2D eigenvalue weighted by Crippen LogP contribution is 2.25. The molecule has 0 saturated carbocycles. The summed E-state index contributed by atoms with van der Waals surface area (Å²) in [5.74, 6) is 1.03. The first-order valence-electron chi connectivity index (χ1n) is 7.01. The van der Waals surface area contributed by atoms with Gasteiger partial charge in [0.05, 0.1) is 19.3 Å². The molecule has 0 bridgehead atoms. The predicted molar refractivity (Wildman–Crippen MR) is 90.9 cm³/mol. The Kier molecular flexibility index (Phi) is 5.83. The zero-order valence-corrected chi connectivity index (χ0v) is 14.1. The fourth-order valence-corrected chi connectivity index (χ4v) is 2.30. The summed E-state index contributed by atoms with van der Waals surface area (Å²) in [4.78, 5) is 12.4. The molecular weight excluding hydrogens is 346 g/mol. The van der Waals surface area contributed by atoms with Crippen molar-refractivity contribution in [3.8, 4) is 11.5 Å². The van der Waals surface area contributed by atoms with Crippen molar-refractivity contribution in [2.75, 3.05) is 19.0 Å². The fourth-order valence-electron chi connectivity index (χ4n) is 1.94. The fraction of sp³-hybridized carbons (Fsp3) is 0.235. The van der Waals surface area contributed by atoms with E-state index < -0.39 is 0 Å². The molecule has 0 aliphatic heterocycles. The number of ether oxygens (including phenoxy) is 2. The number of nitrogens with one attached hydrogen (secondary N) is 1. The van der Waals surface area contributed by atoms with Gasteiger partial charge in [-0.3, -0.25) is 4.79 Å². The molecule has 2 aromatic carbocycles. The number of amides is 1. The van der Waals surface area contributed by atoms with Crippen LogP contribution in [-0.2, 0) is 0 Å². The molecule has 0 saturated heterocycles. The Morgan fingerprint density at radius 1 is 1.23 bits per heavy atom. The van der Waals surface area contributed by atoms with Crippen LogP contribution < -0.4 is 14.8 Å². The van der Waals surface area contributed by atoms with Gasteiger partial charge in [0.2, 0.25) is 0 Å². The summed E-state index contributed by atoms with van der Waals surface area (Å²) in [7, 11) is 1.54. The third-order valence-electron chi connectivity index (χ3n) is 2.97. The van der Waals surface area contributed by atoms with Gasteiger partial charge in [0.25, 0.3) is 5.91 Å². The van der Waals surface area contributed by atoms with Crippen molar-refractivity contribution in [3.63, 3.8) is 0 Å². The largest absolute Gasteiger partial charge is 0.496 e. The van der Waals surface area contributed by atoms with Gasteiger partial charge >= 0.3 is 0 Å². The first kappa shape index (κ1) is 16.4. The maximum atomic E-state index is 12.4. The highest BCUT2D eigenvalue weighted by atomic mass is 79.9. The van der Waals surface area contributed by atoms with Crippen molar-refractivity contribution in [2.45, 2.75) is 13.3 Å². The Balaban J connectivity index is 2.16. The molecule has 0 heterocycles. The van der Waals surface area contributed by atoms with E-state index in [4.69, 9.17) is 9.47 Å². The molecule has 1 amide bonds. The van der Waals surface area contributed by atoms with Gasteiger partial charge in [-0.15, -0.1) is 0 Å². The lowest BCUT2D eigenvalue weighted by atomic mass is 10.2. The molecule has 116 valence electrons. The van der Waals surface area contributed by atoms with Crippen molar-refractivity contribution >= 4 is 27.5 Å². The van der Waals surface area contributed by atoms with Crippen LogP contribution >= 0.6 is 15.9 Å². The highest BCUT2D eigenvalue weighted by Gasteiger charge is 2.13. The van der Waals surface area contributed by atoms with Gasteiger partial charge in [0, 0.05) is 16.2 Å². The van der Waals surface area contributed by atoms with Crippen LogP contribution in [0.15, 0.2) is 46.9 Å². The van der Waals surface area contributed by atoms with Crippen LogP contribution in [0.4, 0.5) is 5.69 Å². The average molecular weight is 364 g/mol. The minimum atomic E-state index is -0.231. The Morgan fingerprint density at radius 3 is 2.77 bits per heavy atom. The standard InChI is InChI=1S/C17H18BrNO3/c1-3-9-22-14-6-4-5-13(11-14)19-17(20)15-10-12(18)7-8-16(15)21-2/h4-8,10-11H,3,9H2,1-2H3,(H,19,20). The Hall–Kier alpha value is -2.01. The van der Waals surface area contributed by atoms with Crippen molar-refractivity contribution in [1.82, 2.24) is 0 Å². The number of rotatable bonds is 6. The van der Waals surface area contributed by atoms with E-state index in [1.165, 1.54) is 0 Å². The summed E-state index contributed by atoms with van der Waals surface area (Å²) in [6.45, 7) is 2.70. The third-order valence-corrected chi connectivity index (χ3v) is 3.46. The maximum Gasteiger partial charge on any atom is 0.259 e. The normalized spacial score (nSPS) is 10.1. The minimum Gasteiger partial charge on any atom is -0.496 e. The second-order valence-corrected chi connectivity index (χ2v) is 5.59. The molecule has 0 unspecified atom stereocenters. The van der Waals surface area contributed by atoms with E-state index in [2.05, 4.69) is 21.2 Å². The van der Waals surface area contributed by atoms with E-state index in [1.54, 1.807) is 25.3 Å². The lowest BCUT2D eigenvalue weighted by Gasteiger charge is -2.11. The summed E-state index contributed by atoms with van der Waals surface area (Å²) in [5, 5.41) is 2.86. The first-order valence-corrected chi connectivity index (χ1v) is 7.81. The van der Waals surface area contributed by atoms with Gasteiger partial charge < -0.3 is 14.8 Å². The molecule has 2 aromatic rings. The van der Waals surface area contributed by atoms with E-state index in [0.29, 0.717) is 23.6 Å². The zero-order chi connectivity index (χ0) is 15.9. The Morgan fingerprint density at radius 2 is 2.05 bits per heavy atom. The van der Waals surface area contributed by atoms with Crippen molar-refractivity contribution < 1.29 is 14.3 Å². The van der Waals surface area contributed by atoms with E-state index in [9.17, 15) is 4.79 Å². The van der Waals surface area contributed by atoms with Crippen LogP contribution in [0.1, 0.15) is 23.7 Å². The number of carbonyl (C=O) groups is 1. The summed E-state index contributed by atoms with van der Waals surface area (Å²) in [6, 6.07) is 12.6. The maximum absolute atomic E-state index is 12.4. The van der Waals surface area contributed by atoms with Gasteiger partial charge in [-0.05, 0) is 36.8 Å². The first-order chi connectivity index (χ1) is 10.6. The molecule has 0 fully saturated rings. The van der Waals surface area contributed by atoms with E-state index in [0.717, 1.165) is 16.6 Å². The van der Waals surface area contributed by atoms with Crippen molar-refractivity contribution in [3.05, 3.63) is 52.5 Å². The van der Waals surface area contributed by atoms with Crippen LogP contribution in [0.5, 0.6) is 11.5 Å². The Bertz CT molecular complexity index is 658. The number of hydrogen-bond acceptors (Lipinski definition) is 3. The molecular formula is C17H18BrNO3. The number of anilines is 1. The van der Waals surface area contributed by atoms with Gasteiger partial charge in [0.15, 0.2) is 0 Å². The zero-order valence-electron chi connectivity index (χ0n) is 12.6. The Labute approximate surface area is 138 Å². The monoisotopic (exact) mass is 363 g/mol. The average Bonchev–Trinajstić information content (AvgIpc) is 2.53. The predicted octanol–water partition coefficient (Wildman–Crippen LogP) is 4.50. The SMILES string of the molecule is CCCOc1cccc(NC(=O)c2cc(Br)ccc2OC)c1. The van der Waals surface area contributed by atoms with Gasteiger partial charge in [0.1, 0.15) is 11.5 Å². The minimum absolute atomic E-state index is 0.231. The molecule has 2 rings (SSSR count). The number of halogens is 1. The summed E-state index contributed by atoms with van der Waals surface area (Å²) in [5.41, 5.74) is 1.15. The quantitative estimate of drug-likeness (QED) is 0.821. The van der Waals surface area contributed by atoms with Gasteiger partial charge in [-0.25, -0.2) is 0 Å². The molecule has 0 radical (unpaired) electrons. The van der Waals surface area contributed by atoms with Crippen LogP contribution in [-0.4, -0.2) is 19.6 Å². The highest BCUT2D eigenvalue weighted by molar-refractivity contribution is 9.10. The molecule has 0 aliphatic carbocycles. The lowest BCUT2D eigenvalue weighted by Crippen LogP contribution is -2.13. The summed E-state index contributed by atoms with van der Waals surface area (Å²) < 4.78 is 11.6. The van der Waals surface area contributed by atoms with Crippen molar-refractivity contribution in [2.24, 2.45) is 0 Å². The van der Waals surface area contributed by atoms with Gasteiger partial charge in [-0.1, -0.05) is 28.9 Å². The van der Waals surface area contributed by atoms with Gasteiger partial charge in [-0.2, -0.15) is 0 Å². The summed E-state index contributed by atoms with van der Waals surface area (Å²) in [6.07, 6.45) is 0.936. The smallest absolute Gasteiger partial charge is 0.259 e. The van der Waals surface area contributed by atoms with Crippen LogP contribution in [0.25, 0.3) is 0 Å². The molecule has 4 nitrogen and oxygen atoms in total. The van der Waals surface area contributed by atoms with E-state index in [1.807, 2.05) is 31.2 Å². The van der Waals surface area contributed by atoms with Crippen LogP contribution in [0, 0.1) is 0 Å². The van der Waals surface area contributed by atoms with Crippen LogP contribution in [0.2, 0.25) is 0 Å².